The van der Waals surface area contributed by atoms with Crippen molar-refractivity contribution < 1.29 is 0 Å². The number of rotatable bonds is 3. The van der Waals surface area contributed by atoms with E-state index in [4.69, 9.17) is 5.73 Å². The van der Waals surface area contributed by atoms with E-state index in [1.165, 1.54) is 6.20 Å². The Labute approximate surface area is 87.4 Å². The topological polar surface area (TPSA) is 76.7 Å². The summed E-state index contributed by atoms with van der Waals surface area (Å²) in [5, 5.41) is 3.13. The summed E-state index contributed by atoms with van der Waals surface area (Å²) < 4.78 is 0. The first-order chi connectivity index (χ1) is 7.34. The predicted octanol–water partition coefficient (Wildman–Crippen LogP) is 1.07. The molecule has 5 heteroatoms. The molecule has 5 nitrogen and oxygen atoms in total. The Balaban J connectivity index is 1.96. The van der Waals surface area contributed by atoms with E-state index in [0.29, 0.717) is 18.2 Å². The molecule has 0 saturated heterocycles. The molecule has 2 aromatic rings. The maximum absolute atomic E-state index is 5.42. The number of anilines is 2. The first-order valence-corrected chi connectivity index (χ1v) is 4.55. The highest BCUT2D eigenvalue weighted by atomic mass is 15.0. The summed E-state index contributed by atoms with van der Waals surface area (Å²) >= 11 is 0. The molecule has 0 amide bonds. The van der Waals surface area contributed by atoms with Gasteiger partial charge in [0.1, 0.15) is 11.6 Å². The fourth-order valence-corrected chi connectivity index (χ4v) is 1.12. The van der Waals surface area contributed by atoms with Gasteiger partial charge >= 0.3 is 0 Å². The Hall–Kier alpha value is -2.17. The van der Waals surface area contributed by atoms with Crippen molar-refractivity contribution in [3.63, 3.8) is 0 Å². The Morgan fingerprint density at radius 3 is 2.60 bits per heavy atom. The SMILES string of the molecule is Nc1cnc(NCc2ccncc2)cn1. The van der Waals surface area contributed by atoms with Gasteiger partial charge in [-0.15, -0.1) is 0 Å². The molecule has 76 valence electrons. The van der Waals surface area contributed by atoms with Gasteiger partial charge in [-0.1, -0.05) is 0 Å². The predicted molar refractivity (Wildman–Crippen MR) is 58.0 cm³/mol. The molecule has 0 spiro atoms. The van der Waals surface area contributed by atoms with Crippen molar-refractivity contribution in [3.05, 3.63) is 42.5 Å². The zero-order valence-electron chi connectivity index (χ0n) is 8.09. The van der Waals surface area contributed by atoms with E-state index in [1.54, 1.807) is 18.6 Å². The number of nitrogens with zero attached hydrogens (tertiary/aromatic N) is 3. The van der Waals surface area contributed by atoms with E-state index in [1.807, 2.05) is 12.1 Å². The molecule has 0 bridgehead atoms. The molecule has 2 rings (SSSR count). The average molecular weight is 201 g/mol. The van der Waals surface area contributed by atoms with Gasteiger partial charge < -0.3 is 11.1 Å². The molecule has 0 aliphatic heterocycles. The molecule has 0 unspecified atom stereocenters. The highest BCUT2D eigenvalue weighted by Crippen LogP contribution is 2.04. The van der Waals surface area contributed by atoms with Crippen LogP contribution in [0, 0.1) is 0 Å². The monoisotopic (exact) mass is 201 g/mol. The summed E-state index contributed by atoms with van der Waals surface area (Å²) in [4.78, 5) is 12.0. The van der Waals surface area contributed by atoms with Crippen LogP contribution in [0.15, 0.2) is 36.9 Å². The summed E-state index contributed by atoms with van der Waals surface area (Å²) in [6.07, 6.45) is 6.64. The number of pyridine rings is 1. The largest absolute Gasteiger partial charge is 0.382 e. The average Bonchev–Trinajstić information content (AvgIpc) is 2.30. The zero-order chi connectivity index (χ0) is 10.5. The summed E-state index contributed by atoms with van der Waals surface area (Å²) in [5.74, 6) is 1.13. The van der Waals surface area contributed by atoms with Crippen molar-refractivity contribution in [2.24, 2.45) is 0 Å². The third-order valence-corrected chi connectivity index (χ3v) is 1.89. The van der Waals surface area contributed by atoms with Crippen LogP contribution >= 0.6 is 0 Å². The molecule has 15 heavy (non-hydrogen) atoms. The van der Waals surface area contributed by atoms with Crippen LogP contribution in [0.4, 0.5) is 11.6 Å². The minimum Gasteiger partial charge on any atom is -0.382 e. The smallest absolute Gasteiger partial charge is 0.144 e. The van der Waals surface area contributed by atoms with E-state index in [0.717, 1.165) is 5.56 Å². The zero-order valence-corrected chi connectivity index (χ0v) is 8.09. The number of hydrogen-bond donors (Lipinski definition) is 2. The lowest BCUT2D eigenvalue weighted by atomic mass is 10.3. The molecule has 0 fully saturated rings. The fourth-order valence-electron chi connectivity index (χ4n) is 1.12. The molecule has 0 aliphatic rings. The van der Waals surface area contributed by atoms with Gasteiger partial charge in [-0.25, -0.2) is 9.97 Å². The van der Waals surface area contributed by atoms with Crippen LogP contribution in [0.3, 0.4) is 0 Å². The number of nitrogens with two attached hydrogens (primary N) is 1. The maximum atomic E-state index is 5.42. The van der Waals surface area contributed by atoms with Crippen LogP contribution < -0.4 is 11.1 Å². The van der Waals surface area contributed by atoms with Crippen molar-refractivity contribution in [1.29, 1.82) is 0 Å². The van der Waals surface area contributed by atoms with Gasteiger partial charge in [-0.3, -0.25) is 4.98 Å². The lowest BCUT2D eigenvalue weighted by molar-refractivity contribution is 1.08. The fraction of sp³-hybridized carbons (Fsp3) is 0.100. The minimum atomic E-state index is 0.421. The molecule has 0 atom stereocenters. The van der Waals surface area contributed by atoms with Gasteiger partial charge in [0, 0.05) is 18.9 Å². The second-order valence-corrected chi connectivity index (χ2v) is 3.04. The first kappa shape index (κ1) is 9.39. The second kappa shape index (κ2) is 4.36. The van der Waals surface area contributed by atoms with Crippen LogP contribution in [0.1, 0.15) is 5.56 Å². The van der Waals surface area contributed by atoms with Crippen LogP contribution in [0.2, 0.25) is 0 Å². The molecule has 0 aromatic carbocycles. The van der Waals surface area contributed by atoms with Gasteiger partial charge in [0.15, 0.2) is 0 Å². The Morgan fingerprint density at radius 2 is 1.93 bits per heavy atom. The normalized spacial score (nSPS) is 9.87. The van der Waals surface area contributed by atoms with Crippen molar-refractivity contribution in [2.75, 3.05) is 11.1 Å². The molecule has 0 aliphatic carbocycles. The van der Waals surface area contributed by atoms with Crippen LogP contribution in [0.5, 0.6) is 0 Å². The highest BCUT2D eigenvalue weighted by Gasteiger charge is 1.94. The highest BCUT2D eigenvalue weighted by molar-refractivity contribution is 5.36. The Morgan fingerprint density at radius 1 is 1.13 bits per heavy atom. The van der Waals surface area contributed by atoms with Crippen molar-refractivity contribution >= 4 is 11.6 Å². The van der Waals surface area contributed by atoms with Gasteiger partial charge in [0.25, 0.3) is 0 Å². The van der Waals surface area contributed by atoms with Gasteiger partial charge in [-0.05, 0) is 17.7 Å². The third-order valence-electron chi connectivity index (χ3n) is 1.89. The van der Waals surface area contributed by atoms with Crippen molar-refractivity contribution in [2.45, 2.75) is 6.54 Å². The first-order valence-electron chi connectivity index (χ1n) is 4.55. The quantitative estimate of drug-likeness (QED) is 0.776. The number of hydrogen-bond acceptors (Lipinski definition) is 5. The number of nitrogens with one attached hydrogen (secondary N) is 1. The van der Waals surface area contributed by atoms with Gasteiger partial charge in [0.2, 0.25) is 0 Å². The molecule has 2 heterocycles. The van der Waals surface area contributed by atoms with E-state index in [9.17, 15) is 0 Å². The lowest BCUT2D eigenvalue weighted by Gasteiger charge is -2.04. The molecule has 0 radical (unpaired) electrons. The summed E-state index contributed by atoms with van der Waals surface area (Å²) in [6.45, 7) is 0.696. The lowest BCUT2D eigenvalue weighted by Crippen LogP contribution is -2.02. The molecule has 2 aromatic heterocycles. The molecular formula is C10H11N5. The number of nitrogen functional groups attached to an aromatic ring is 1. The minimum absolute atomic E-state index is 0.421. The Bertz CT molecular complexity index is 412. The summed E-state index contributed by atoms with van der Waals surface area (Å²) in [5.41, 5.74) is 6.57. The van der Waals surface area contributed by atoms with Crippen molar-refractivity contribution in [1.82, 2.24) is 15.0 Å². The van der Waals surface area contributed by atoms with Crippen LogP contribution in [-0.2, 0) is 6.54 Å². The maximum Gasteiger partial charge on any atom is 0.144 e. The van der Waals surface area contributed by atoms with Gasteiger partial charge in [0.05, 0.1) is 12.4 Å². The van der Waals surface area contributed by atoms with E-state index >= 15 is 0 Å². The van der Waals surface area contributed by atoms with E-state index in [-0.39, 0.29) is 0 Å². The molecule has 3 N–H and O–H groups in total. The summed E-state index contributed by atoms with van der Waals surface area (Å²) in [7, 11) is 0. The Kier molecular flexibility index (Phi) is 2.73. The third kappa shape index (κ3) is 2.63. The van der Waals surface area contributed by atoms with Gasteiger partial charge in [-0.2, -0.15) is 0 Å². The van der Waals surface area contributed by atoms with E-state index < -0.39 is 0 Å². The van der Waals surface area contributed by atoms with Crippen molar-refractivity contribution in [3.8, 4) is 0 Å². The van der Waals surface area contributed by atoms with E-state index in [2.05, 4.69) is 20.3 Å². The standard InChI is InChI=1S/C10H11N5/c11-9-6-15-10(7-13-9)14-5-8-1-3-12-4-2-8/h1-4,6-7H,5H2,(H2,11,13)(H,14,15). The molecular weight excluding hydrogens is 190 g/mol. The van der Waals surface area contributed by atoms with Crippen LogP contribution in [-0.4, -0.2) is 15.0 Å². The second-order valence-electron chi connectivity index (χ2n) is 3.04. The molecule has 0 saturated carbocycles. The number of aromatic nitrogens is 3. The van der Waals surface area contributed by atoms with Crippen LogP contribution in [0.25, 0.3) is 0 Å². The summed E-state index contributed by atoms with van der Waals surface area (Å²) in [6, 6.07) is 3.88.